The van der Waals surface area contributed by atoms with Gasteiger partial charge in [0.25, 0.3) is 5.91 Å². The van der Waals surface area contributed by atoms with Crippen LogP contribution in [-0.2, 0) is 4.74 Å². The number of hydrogen-bond donors (Lipinski definition) is 0. The third-order valence-corrected chi connectivity index (χ3v) is 5.43. The Hall–Kier alpha value is -2.15. The van der Waals surface area contributed by atoms with Crippen LogP contribution in [0.1, 0.15) is 15.9 Å². The van der Waals surface area contributed by atoms with E-state index in [0.717, 1.165) is 5.56 Å². The lowest BCUT2D eigenvalue weighted by molar-refractivity contribution is -0.0401. The number of benzene rings is 2. The van der Waals surface area contributed by atoms with Gasteiger partial charge in [-0.3, -0.25) is 4.79 Å². The SMILES string of the molecule is COc1cc(Cl)c(C(=O)N2CCOC(COc3ccc(Cl)c(C)c3)C2)cc1OC. The first-order valence-electron chi connectivity index (χ1n) is 9.14. The quantitative estimate of drug-likeness (QED) is 0.673. The van der Waals surface area contributed by atoms with Crippen molar-refractivity contribution < 1.29 is 23.7 Å². The van der Waals surface area contributed by atoms with Crippen molar-refractivity contribution >= 4 is 29.1 Å². The minimum Gasteiger partial charge on any atom is -0.493 e. The van der Waals surface area contributed by atoms with Crippen LogP contribution < -0.4 is 14.2 Å². The topological polar surface area (TPSA) is 57.2 Å². The highest BCUT2D eigenvalue weighted by Crippen LogP contribution is 2.34. The first kappa shape index (κ1) is 21.6. The zero-order valence-corrected chi connectivity index (χ0v) is 18.0. The summed E-state index contributed by atoms with van der Waals surface area (Å²) in [6.07, 6.45) is -0.248. The van der Waals surface area contributed by atoms with Crippen molar-refractivity contribution in [3.8, 4) is 17.2 Å². The number of carbonyl (C=O) groups is 1. The number of hydrogen-bond acceptors (Lipinski definition) is 5. The van der Waals surface area contributed by atoms with E-state index in [0.29, 0.717) is 59.2 Å². The van der Waals surface area contributed by atoms with E-state index >= 15 is 0 Å². The molecule has 0 aromatic heterocycles. The van der Waals surface area contributed by atoms with Crippen LogP contribution >= 0.6 is 23.2 Å². The fourth-order valence-corrected chi connectivity index (χ4v) is 3.44. The normalized spacial score (nSPS) is 16.4. The first-order valence-corrected chi connectivity index (χ1v) is 9.90. The highest BCUT2D eigenvalue weighted by Gasteiger charge is 2.27. The number of rotatable bonds is 6. The highest BCUT2D eigenvalue weighted by atomic mass is 35.5. The second kappa shape index (κ2) is 9.57. The van der Waals surface area contributed by atoms with E-state index in [1.54, 1.807) is 23.1 Å². The number of aryl methyl sites for hydroxylation is 1. The molecule has 0 saturated carbocycles. The molecule has 2 aromatic carbocycles. The van der Waals surface area contributed by atoms with Crippen molar-refractivity contribution in [3.05, 3.63) is 51.5 Å². The number of nitrogens with zero attached hydrogens (tertiary/aromatic N) is 1. The second-order valence-corrected chi connectivity index (χ2v) is 7.47. The Bertz CT molecular complexity index is 890. The largest absolute Gasteiger partial charge is 0.493 e. The molecule has 156 valence electrons. The number of halogens is 2. The average molecular weight is 440 g/mol. The molecule has 1 amide bonds. The second-order valence-electron chi connectivity index (χ2n) is 6.65. The molecule has 0 spiro atoms. The third kappa shape index (κ3) is 5.07. The molecule has 29 heavy (non-hydrogen) atoms. The minimum absolute atomic E-state index is 0.188. The molecule has 6 nitrogen and oxygen atoms in total. The summed E-state index contributed by atoms with van der Waals surface area (Å²) in [6.45, 7) is 3.53. The van der Waals surface area contributed by atoms with Crippen molar-refractivity contribution in [3.63, 3.8) is 0 Å². The van der Waals surface area contributed by atoms with Gasteiger partial charge in [0, 0.05) is 17.6 Å². The Kier molecular flexibility index (Phi) is 7.11. The molecule has 1 saturated heterocycles. The number of methoxy groups -OCH3 is 2. The molecule has 1 fully saturated rings. The van der Waals surface area contributed by atoms with Gasteiger partial charge in [0.2, 0.25) is 0 Å². The van der Waals surface area contributed by atoms with Crippen molar-refractivity contribution in [2.45, 2.75) is 13.0 Å². The fourth-order valence-electron chi connectivity index (χ4n) is 3.09. The van der Waals surface area contributed by atoms with Crippen molar-refractivity contribution in [2.24, 2.45) is 0 Å². The van der Waals surface area contributed by atoms with E-state index in [4.69, 9.17) is 42.1 Å². The first-order chi connectivity index (χ1) is 13.9. The van der Waals surface area contributed by atoms with E-state index < -0.39 is 0 Å². The number of carbonyl (C=O) groups excluding carboxylic acids is 1. The lowest BCUT2D eigenvalue weighted by Gasteiger charge is -2.33. The fraction of sp³-hybridized carbons (Fsp3) is 0.381. The summed E-state index contributed by atoms with van der Waals surface area (Å²) in [7, 11) is 3.03. The Balaban J connectivity index is 1.67. The molecule has 1 atom stereocenters. The molecule has 1 aliphatic heterocycles. The maximum Gasteiger partial charge on any atom is 0.255 e. The third-order valence-electron chi connectivity index (χ3n) is 4.69. The highest BCUT2D eigenvalue weighted by molar-refractivity contribution is 6.34. The van der Waals surface area contributed by atoms with Crippen LogP contribution in [0.4, 0.5) is 0 Å². The molecule has 1 heterocycles. The molecule has 3 rings (SSSR count). The summed E-state index contributed by atoms with van der Waals surface area (Å²) in [5.74, 6) is 1.44. The average Bonchev–Trinajstić information content (AvgIpc) is 2.74. The number of ether oxygens (including phenoxy) is 4. The van der Waals surface area contributed by atoms with Gasteiger partial charge in [-0.2, -0.15) is 0 Å². The van der Waals surface area contributed by atoms with Gasteiger partial charge in [0.05, 0.1) is 38.0 Å². The van der Waals surface area contributed by atoms with Gasteiger partial charge in [-0.1, -0.05) is 23.2 Å². The maximum atomic E-state index is 13.0. The van der Waals surface area contributed by atoms with Crippen molar-refractivity contribution in [1.82, 2.24) is 4.90 Å². The van der Waals surface area contributed by atoms with Crippen molar-refractivity contribution in [1.29, 1.82) is 0 Å². The number of amides is 1. The van der Waals surface area contributed by atoms with Gasteiger partial charge in [0.15, 0.2) is 11.5 Å². The van der Waals surface area contributed by atoms with Gasteiger partial charge in [-0.15, -0.1) is 0 Å². The smallest absolute Gasteiger partial charge is 0.255 e. The van der Waals surface area contributed by atoms with Crippen LogP contribution in [0.3, 0.4) is 0 Å². The Morgan fingerprint density at radius 3 is 2.55 bits per heavy atom. The van der Waals surface area contributed by atoms with E-state index in [9.17, 15) is 4.79 Å². The van der Waals surface area contributed by atoms with Gasteiger partial charge in [-0.05, 0) is 36.8 Å². The van der Waals surface area contributed by atoms with Crippen LogP contribution in [0.25, 0.3) is 0 Å². The lowest BCUT2D eigenvalue weighted by Crippen LogP contribution is -2.47. The molecule has 0 N–H and O–H groups in total. The molecule has 8 heteroatoms. The zero-order valence-electron chi connectivity index (χ0n) is 16.5. The van der Waals surface area contributed by atoms with Crippen LogP contribution in [0.5, 0.6) is 17.2 Å². The summed E-state index contributed by atoms with van der Waals surface area (Å²) in [5, 5.41) is 0.999. The maximum absolute atomic E-state index is 13.0. The van der Waals surface area contributed by atoms with Crippen LogP contribution in [-0.4, -0.2) is 57.4 Å². The van der Waals surface area contributed by atoms with Crippen molar-refractivity contribution in [2.75, 3.05) is 40.5 Å². The van der Waals surface area contributed by atoms with Gasteiger partial charge in [0.1, 0.15) is 18.5 Å². The van der Waals surface area contributed by atoms with E-state index in [1.807, 2.05) is 19.1 Å². The Morgan fingerprint density at radius 1 is 1.14 bits per heavy atom. The molecule has 1 aliphatic rings. The molecular formula is C21H23Cl2NO5. The molecule has 1 unspecified atom stereocenters. The number of morpholine rings is 1. The zero-order chi connectivity index (χ0) is 21.0. The lowest BCUT2D eigenvalue weighted by atomic mass is 10.1. The Labute approximate surface area is 180 Å². The van der Waals surface area contributed by atoms with Crippen LogP contribution in [0.2, 0.25) is 10.0 Å². The van der Waals surface area contributed by atoms with E-state index in [2.05, 4.69) is 0 Å². The van der Waals surface area contributed by atoms with Gasteiger partial charge >= 0.3 is 0 Å². The molecule has 0 bridgehead atoms. The van der Waals surface area contributed by atoms with Gasteiger partial charge < -0.3 is 23.8 Å². The molecular weight excluding hydrogens is 417 g/mol. The molecule has 2 aromatic rings. The standard InChI is InChI=1S/C21H23Cl2NO5/c1-13-8-14(4-5-17(13)22)29-12-15-11-24(6-7-28-15)21(25)16-9-19(26-2)20(27-3)10-18(16)23/h4-5,8-10,15H,6-7,11-12H2,1-3H3. The van der Waals surface area contributed by atoms with Crippen LogP contribution in [0.15, 0.2) is 30.3 Å². The summed E-state index contributed by atoms with van der Waals surface area (Å²) >= 11 is 12.3. The minimum atomic E-state index is -0.248. The predicted molar refractivity (Wildman–Crippen MR) is 112 cm³/mol. The molecule has 0 aliphatic carbocycles. The predicted octanol–water partition coefficient (Wildman–Crippen LogP) is 4.24. The van der Waals surface area contributed by atoms with E-state index in [1.165, 1.54) is 14.2 Å². The summed E-state index contributed by atoms with van der Waals surface area (Å²) < 4.78 is 22.1. The monoisotopic (exact) mass is 439 g/mol. The van der Waals surface area contributed by atoms with E-state index in [-0.39, 0.29) is 12.0 Å². The summed E-state index contributed by atoms with van der Waals surface area (Å²) in [5.41, 5.74) is 1.30. The molecule has 0 radical (unpaired) electrons. The summed E-state index contributed by atoms with van der Waals surface area (Å²) in [6, 6.07) is 8.66. The summed E-state index contributed by atoms with van der Waals surface area (Å²) in [4.78, 5) is 14.7. The Morgan fingerprint density at radius 2 is 1.86 bits per heavy atom. The van der Waals surface area contributed by atoms with Crippen LogP contribution in [0, 0.1) is 6.92 Å². The van der Waals surface area contributed by atoms with Gasteiger partial charge in [-0.25, -0.2) is 0 Å².